The molecule has 0 saturated carbocycles. The summed E-state index contributed by atoms with van der Waals surface area (Å²) in [6, 6.07) is 6.07. The highest BCUT2D eigenvalue weighted by Crippen LogP contribution is 2.40. The number of benzene rings is 1. The first-order chi connectivity index (χ1) is 13.9. The Bertz CT molecular complexity index is 836. The SMILES string of the molecule is CC1C(C(=O)O)=CC=CC1(C(=O)O)N1CCCCC1CCOc1ccccc1F. The van der Waals surface area contributed by atoms with Crippen LogP contribution >= 0.6 is 0 Å². The van der Waals surface area contributed by atoms with Gasteiger partial charge in [-0.15, -0.1) is 0 Å². The molecule has 1 aromatic carbocycles. The Labute approximate surface area is 169 Å². The van der Waals surface area contributed by atoms with Gasteiger partial charge in [-0.2, -0.15) is 0 Å². The number of halogens is 1. The molecular formula is C22H26FNO5. The number of para-hydroxylation sites is 1. The topological polar surface area (TPSA) is 87.1 Å². The maximum atomic E-state index is 13.8. The molecule has 2 N–H and O–H groups in total. The molecule has 0 spiro atoms. The predicted molar refractivity (Wildman–Crippen MR) is 105 cm³/mol. The fourth-order valence-electron chi connectivity index (χ4n) is 4.46. The van der Waals surface area contributed by atoms with Crippen molar-refractivity contribution in [3.05, 3.63) is 53.9 Å². The molecule has 1 aliphatic carbocycles. The summed E-state index contributed by atoms with van der Waals surface area (Å²) in [4.78, 5) is 26.0. The van der Waals surface area contributed by atoms with Crippen molar-refractivity contribution >= 4 is 11.9 Å². The summed E-state index contributed by atoms with van der Waals surface area (Å²) in [6.07, 6.45) is 7.69. The fourth-order valence-corrected chi connectivity index (χ4v) is 4.46. The molecule has 29 heavy (non-hydrogen) atoms. The van der Waals surface area contributed by atoms with E-state index in [0.717, 1.165) is 19.3 Å². The van der Waals surface area contributed by atoms with E-state index in [2.05, 4.69) is 0 Å². The third-order valence-electron chi connectivity index (χ3n) is 5.99. The number of rotatable bonds is 7. The molecule has 1 aromatic rings. The van der Waals surface area contributed by atoms with E-state index in [1.807, 2.05) is 4.90 Å². The maximum Gasteiger partial charge on any atom is 0.331 e. The summed E-state index contributed by atoms with van der Waals surface area (Å²) in [6.45, 7) is 2.45. The van der Waals surface area contributed by atoms with Crippen LogP contribution in [0.15, 0.2) is 48.1 Å². The third-order valence-corrected chi connectivity index (χ3v) is 5.99. The number of hydrogen-bond donors (Lipinski definition) is 2. The van der Waals surface area contributed by atoms with Gasteiger partial charge in [-0.25, -0.2) is 14.0 Å². The van der Waals surface area contributed by atoms with Gasteiger partial charge in [0.2, 0.25) is 0 Å². The first kappa shape index (κ1) is 21.0. The Balaban J connectivity index is 1.80. The Kier molecular flexibility index (Phi) is 6.37. The smallest absolute Gasteiger partial charge is 0.331 e. The highest BCUT2D eigenvalue weighted by molar-refractivity contribution is 5.92. The second-order valence-corrected chi connectivity index (χ2v) is 7.55. The molecule has 2 aliphatic rings. The molecule has 1 aliphatic heterocycles. The van der Waals surface area contributed by atoms with Crippen LogP contribution in [0.3, 0.4) is 0 Å². The van der Waals surface area contributed by atoms with Gasteiger partial charge in [0.25, 0.3) is 0 Å². The lowest BCUT2D eigenvalue weighted by atomic mass is 9.73. The highest BCUT2D eigenvalue weighted by atomic mass is 19.1. The first-order valence-corrected chi connectivity index (χ1v) is 9.88. The van der Waals surface area contributed by atoms with Crippen LogP contribution in [0, 0.1) is 11.7 Å². The first-order valence-electron chi connectivity index (χ1n) is 9.88. The van der Waals surface area contributed by atoms with E-state index in [-0.39, 0.29) is 24.0 Å². The number of piperidine rings is 1. The van der Waals surface area contributed by atoms with E-state index < -0.39 is 29.2 Å². The van der Waals surface area contributed by atoms with Gasteiger partial charge in [0.15, 0.2) is 11.6 Å². The second kappa shape index (κ2) is 8.78. The summed E-state index contributed by atoms with van der Waals surface area (Å²) in [5.41, 5.74) is -1.34. The van der Waals surface area contributed by atoms with Gasteiger partial charge < -0.3 is 14.9 Å². The molecule has 0 amide bonds. The molecule has 6 nitrogen and oxygen atoms in total. The Morgan fingerprint density at radius 3 is 2.72 bits per heavy atom. The van der Waals surface area contributed by atoms with Crippen molar-refractivity contribution < 1.29 is 28.9 Å². The van der Waals surface area contributed by atoms with Crippen molar-refractivity contribution in [3.8, 4) is 5.75 Å². The lowest BCUT2D eigenvalue weighted by molar-refractivity contribution is -0.154. The summed E-state index contributed by atoms with van der Waals surface area (Å²) in [7, 11) is 0. The molecule has 0 bridgehead atoms. The zero-order chi connectivity index (χ0) is 21.0. The summed E-state index contributed by atoms with van der Waals surface area (Å²) < 4.78 is 19.4. The van der Waals surface area contributed by atoms with Crippen molar-refractivity contribution in [2.24, 2.45) is 5.92 Å². The number of carboxylic acids is 2. The van der Waals surface area contributed by atoms with Crippen molar-refractivity contribution in [1.82, 2.24) is 4.90 Å². The normalized spacial score (nSPS) is 27.3. The van der Waals surface area contributed by atoms with Gasteiger partial charge in [0, 0.05) is 17.5 Å². The average molecular weight is 403 g/mol. The van der Waals surface area contributed by atoms with Gasteiger partial charge in [-0.3, -0.25) is 4.90 Å². The van der Waals surface area contributed by atoms with Crippen molar-refractivity contribution in [2.75, 3.05) is 13.2 Å². The number of hydrogen-bond acceptors (Lipinski definition) is 4. The molecular weight excluding hydrogens is 377 g/mol. The summed E-state index contributed by atoms with van der Waals surface area (Å²) in [5, 5.41) is 19.7. The molecule has 1 saturated heterocycles. The van der Waals surface area contributed by atoms with Gasteiger partial charge in [0.05, 0.1) is 6.61 Å². The number of carboxylic acid groups (broad SMARTS) is 2. The van der Waals surface area contributed by atoms with E-state index in [1.54, 1.807) is 31.2 Å². The van der Waals surface area contributed by atoms with Crippen LogP contribution in [-0.2, 0) is 9.59 Å². The minimum Gasteiger partial charge on any atom is -0.490 e. The molecule has 0 aromatic heterocycles. The number of ether oxygens (including phenoxy) is 1. The van der Waals surface area contributed by atoms with E-state index in [4.69, 9.17) is 4.74 Å². The molecule has 1 heterocycles. The van der Waals surface area contributed by atoms with Crippen LogP contribution in [0.4, 0.5) is 4.39 Å². The molecule has 3 unspecified atom stereocenters. The van der Waals surface area contributed by atoms with E-state index in [0.29, 0.717) is 13.0 Å². The van der Waals surface area contributed by atoms with Gasteiger partial charge >= 0.3 is 11.9 Å². The van der Waals surface area contributed by atoms with Crippen LogP contribution in [0.5, 0.6) is 5.75 Å². The van der Waals surface area contributed by atoms with Crippen molar-refractivity contribution in [3.63, 3.8) is 0 Å². The Hall–Kier alpha value is -2.67. The van der Waals surface area contributed by atoms with Gasteiger partial charge in [-0.1, -0.05) is 43.7 Å². The third kappa shape index (κ3) is 4.05. The maximum absolute atomic E-state index is 13.8. The van der Waals surface area contributed by atoms with Crippen molar-refractivity contribution in [2.45, 2.75) is 44.2 Å². The zero-order valence-electron chi connectivity index (χ0n) is 16.4. The minimum atomic E-state index is -1.43. The van der Waals surface area contributed by atoms with E-state index in [1.165, 1.54) is 18.2 Å². The average Bonchev–Trinajstić information content (AvgIpc) is 2.70. The molecule has 3 atom stereocenters. The Morgan fingerprint density at radius 2 is 2.03 bits per heavy atom. The van der Waals surface area contributed by atoms with E-state index >= 15 is 0 Å². The quantitative estimate of drug-likeness (QED) is 0.725. The summed E-state index contributed by atoms with van der Waals surface area (Å²) >= 11 is 0. The number of likely N-dealkylation sites (tertiary alicyclic amines) is 1. The minimum absolute atomic E-state index is 0.0850. The standard InChI is InChI=1S/C22H26FNO5/c1-15-17(20(25)26)8-6-12-22(15,21(27)28)24-13-5-4-7-16(24)11-14-29-19-10-3-2-9-18(19)23/h2-3,6,8-10,12,15-16H,4-5,7,11,13-14H2,1H3,(H,25,26)(H,27,28). The molecule has 1 fully saturated rings. The number of allylic oxidation sites excluding steroid dienone is 2. The van der Waals surface area contributed by atoms with E-state index in [9.17, 15) is 24.2 Å². The number of aliphatic carboxylic acids is 2. The Morgan fingerprint density at radius 1 is 1.28 bits per heavy atom. The van der Waals surface area contributed by atoms with Crippen molar-refractivity contribution in [1.29, 1.82) is 0 Å². The number of nitrogens with zero attached hydrogens (tertiary/aromatic N) is 1. The molecule has 7 heteroatoms. The molecule has 156 valence electrons. The number of carbonyl (C=O) groups is 2. The van der Waals surface area contributed by atoms with Crippen LogP contribution in [0.2, 0.25) is 0 Å². The largest absolute Gasteiger partial charge is 0.490 e. The van der Waals surface area contributed by atoms with Gasteiger partial charge in [-0.05, 0) is 37.9 Å². The zero-order valence-corrected chi connectivity index (χ0v) is 16.4. The lowest BCUT2D eigenvalue weighted by Crippen LogP contribution is -2.63. The second-order valence-electron chi connectivity index (χ2n) is 7.55. The molecule has 3 rings (SSSR count). The van der Waals surface area contributed by atoms with Crippen LogP contribution in [0.25, 0.3) is 0 Å². The summed E-state index contributed by atoms with van der Waals surface area (Å²) in [5.74, 6) is -3.14. The van der Waals surface area contributed by atoms with Crippen LogP contribution < -0.4 is 4.74 Å². The van der Waals surface area contributed by atoms with Crippen LogP contribution in [-0.4, -0.2) is 51.8 Å². The van der Waals surface area contributed by atoms with Crippen LogP contribution in [0.1, 0.15) is 32.6 Å². The fraction of sp³-hybridized carbons (Fsp3) is 0.455. The molecule has 0 radical (unpaired) electrons. The predicted octanol–water partition coefficient (Wildman–Crippen LogP) is 3.49. The lowest BCUT2D eigenvalue weighted by Gasteiger charge is -2.49. The highest BCUT2D eigenvalue weighted by Gasteiger charge is 2.52. The monoisotopic (exact) mass is 403 g/mol. The van der Waals surface area contributed by atoms with Gasteiger partial charge in [0.1, 0.15) is 5.54 Å².